The van der Waals surface area contributed by atoms with Crippen molar-refractivity contribution in [1.29, 1.82) is 0 Å². The van der Waals surface area contributed by atoms with E-state index in [0.29, 0.717) is 16.1 Å². The van der Waals surface area contributed by atoms with Crippen LogP contribution in [0.4, 0.5) is 18.9 Å². The zero-order valence-electron chi connectivity index (χ0n) is 18.3. The first-order valence-electron chi connectivity index (χ1n) is 10.9. The van der Waals surface area contributed by atoms with Crippen molar-refractivity contribution in [3.05, 3.63) is 41.3 Å². The maximum Gasteiger partial charge on any atom is 0.418 e. The smallest absolute Gasteiger partial charge is 0.369 e. The molecule has 0 atom stereocenters. The van der Waals surface area contributed by atoms with Gasteiger partial charge < -0.3 is 9.80 Å². The first kappa shape index (κ1) is 21.6. The minimum absolute atomic E-state index is 0.0419. The van der Waals surface area contributed by atoms with Crippen LogP contribution in [0.1, 0.15) is 5.56 Å². The van der Waals surface area contributed by atoms with E-state index < -0.39 is 11.7 Å². The van der Waals surface area contributed by atoms with Gasteiger partial charge in [-0.25, -0.2) is 9.56 Å². The number of anilines is 1. The SMILES string of the molecule is CN1CCN(c2cc(C(F)(F)F)c3nc4ccc(=[N+]5CCN(C)CC5)cc-4sc3c2)CC1. The van der Waals surface area contributed by atoms with Gasteiger partial charge in [0.15, 0.2) is 13.1 Å². The number of piperazine rings is 2. The quantitative estimate of drug-likeness (QED) is 0.410. The number of halogens is 3. The second-order valence-electron chi connectivity index (χ2n) is 8.78. The molecule has 3 aliphatic heterocycles. The molecular formula is C23H27F3N5S+. The fourth-order valence-electron chi connectivity index (χ4n) is 4.43. The normalized spacial score (nSPS) is 19.3. The third-order valence-corrected chi connectivity index (χ3v) is 7.58. The number of alkyl halides is 3. The lowest BCUT2D eigenvalue weighted by Gasteiger charge is -2.34. The lowest BCUT2D eigenvalue weighted by Crippen LogP contribution is -2.46. The summed E-state index contributed by atoms with van der Waals surface area (Å²) in [5.74, 6) is 0. The van der Waals surface area contributed by atoms with Gasteiger partial charge in [-0.1, -0.05) is 0 Å². The number of benzene rings is 2. The zero-order chi connectivity index (χ0) is 22.5. The molecule has 0 aromatic heterocycles. The van der Waals surface area contributed by atoms with Crippen LogP contribution in [0.5, 0.6) is 0 Å². The van der Waals surface area contributed by atoms with E-state index in [1.807, 2.05) is 30.1 Å². The minimum atomic E-state index is -4.45. The molecule has 1 aromatic carbocycles. The van der Waals surface area contributed by atoms with Crippen molar-refractivity contribution in [3.63, 3.8) is 0 Å². The monoisotopic (exact) mass is 462 g/mol. The molecule has 5 nitrogen and oxygen atoms in total. The van der Waals surface area contributed by atoms with Crippen LogP contribution in [0.3, 0.4) is 0 Å². The highest BCUT2D eigenvalue weighted by molar-refractivity contribution is 7.21. The Kier molecular flexibility index (Phi) is 5.59. The number of fused-ring (bicyclic) bond motifs is 2. The van der Waals surface area contributed by atoms with E-state index in [9.17, 15) is 13.2 Å². The van der Waals surface area contributed by atoms with E-state index >= 15 is 0 Å². The molecule has 2 saturated heterocycles. The van der Waals surface area contributed by atoms with Gasteiger partial charge in [0.25, 0.3) is 0 Å². The van der Waals surface area contributed by atoms with Crippen molar-refractivity contribution < 1.29 is 13.2 Å². The van der Waals surface area contributed by atoms with Crippen LogP contribution in [0.25, 0.3) is 20.8 Å². The Morgan fingerprint density at radius 2 is 1.59 bits per heavy atom. The molecule has 4 aliphatic rings. The van der Waals surface area contributed by atoms with E-state index in [0.717, 1.165) is 62.6 Å². The number of aromatic nitrogens is 1. The summed E-state index contributed by atoms with van der Waals surface area (Å²) in [6.45, 7) is 7.01. The van der Waals surface area contributed by atoms with Crippen LogP contribution in [0, 0.1) is 0 Å². The summed E-state index contributed by atoms with van der Waals surface area (Å²) in [4.78, 5) is 11.9. The fourth-order valence-corrected chi connectivity index (χ4v) is 5.49. The molecule has 3 heterocycles. The van der Waals surface area contributed by atoms with Crippen molar-refractivity contribution >= 4 is 27.2 Å². The highest BCUT2D eigenvalue weighted by atomic mass is 32.1. The van der Waals surface area contributed by atoms with Gasteiger partial charge in [-0.05, 0) is 32.3 Å². The van der Waals surface area contributed by atoms with Crippen LogP contribution in [0.15, 0.2) is 30.3 Å². The maximum atomic E-state index is 14.0. The highest BCUT2D eigenvalue weighted by Gasteiger charge is 2.35. The molecule has 1 aliphatic carbocycles. The summed E-state index contributed by atoms with van der Waals surface area (Å²) in [6, 6.07) is 9.07. The lowest BCUT2D eigenvalue weighted by atomic mass is 10.1. The van der Waals surface area contributed by atoms with Gasteiger partial charge in [0, 0.05) is 44.0 Å². The van der Waals surface area contributed by atoms with E-state index in [2.05, 4.69) is 32.5 Å². The summed E-state index contributed by atoms with van der Waals surface area (Å²) >= 11 is 1.40. The maximum absolute atomic E-state index is 14.0. The Morgan fingerprint density at radius 1 is 0.906 bits per heavy atom. The summed E-state index contributed by atoms with van der Waals surface area (Å²) < 4.78 is 44.9. The first-order chi connectivity index (χ1) is 15.3. The Balaban J connectivity index is 1.65. The van der Waals surface area contributed by atoms with Crippen LogP contribution in [-0.4, -0.2) is 81.2 Å². The predicted molar refractivity (Wildman–Crippen MR) is 123 cm³/mol. The van der Waals surface area contributed by atoms with Crippen molar-refractivity contribution in [1.82, 2.24) is 19.4 Å². The third-order valence-electron chi connectivity index (χ3n) is 6.50. The molecule has 0 bridgehead atoms. The number of likely N-dealkylation sites (N-methyl/N-ethyl adjacent to an activating group) is 2. The van der Waals surface area contributed by atoms with Gasteiger partial charge in [-0.2, -0.15) is 13.2 Å². The molecule has 2 fully saturated rings. The lowest BCUT2D eigenvalue weighted by molar-refractivity contribution is -0.136. The van der Waals surface area contributed by atoms with Crippen LogP contribution < -0.4 is 14.8 Å². The molecular weight excluding hydrogens is 435 g/mol. The first-order valence-corrected chi connectivity index (χ1v) is 11.8. The predicted octanol–water partition coefficient (Wildman–Crippen LogP) is 2.89. The highest BCUT2D eigenvalue weighted by Crippen LogP contribution is 2.41. The van der Waals surface area contributed by atoms with Crippen molar-refractivity contribution in [2.45, 2.75) is 6.18 Å². The van der Waals surface area contributed by atoms with Gasteiger partial charge >= 0.3 is 6.18 Å². The molecule has 5 rings (SSSR count). The van der Waals surface area contributed by atoms with Gasteiger partial charge in [0.05, 0.1) is 39.4 Å². The largest absolute Gasteiger partial charge is 0.418 e. The van der Waals surface area contributed by atoms with Crippen LogP contribution >= 0.6 is 11.3 Å². The molecule has 0 amide bonds. The molecule has 0 N–H and O–H groups in total. The van der Waals surface area contributed by atoms with E-state index in [-0.39, 0.29) is 5.52 Å². The average molecular weight is 463 g/mol. The molecule has 0 radical (unpaired) electrons. The average Bonchev–Trinajstić information content (AvgIpc) is 2.77. The van der Waals surface area contributed by atoms with Gasteiger partial charge in [0.2, 0.25) is 5.36 Å². The van der Waals surface area contributed by atoms with Gasteiger partial charge in [-0.3, -0.25) is 4.90 Å². The van der Waals surface area contributed by atoms with E-state index in [1.165, 1.54) is 17.4 Å². The Morgan fingerprint density at radius 3 is 2.28 bits per heavy atom. The number of rotatable bonds is 1. The minimum Gasteiger partial charge on any atom is -0.369 e. The van der Waals surface area contributed by atoms with Gasteiger partial charge in [-0.15, -0.1) is 11.3 Å². The summed E-state index contributed by atoms with van der Waals surface area (Å²) in [5, 5.41) is 1.11. The topological polar surface area (TPSA) is 25.6 Å². The summed E-state index contributed by atoms with van der Waals surface area (Å²) in [6.07, 6.45) is -4.45. The summed E-state index contributed by atoms with van der Waals surface area (Å²) in [5.41, 5.74) is 0.634. The molecule has 0 spiro atoms. The third kappa shape index (κ3) is 4.21. The number of hydrogen-bond acceptors (Lipinski definition) is 5. The number of hydrogen-bond donors (Lipinski definition) is 0. The zero-order valence-corrected chi connectivity index (χ0v) is 19.1. The molecule has 9 heteroatoms. The van der Waals surface area contributed by atoms with Crippen molar-refractivity contribution in [2.75, 3.05) is 71.4 Å². The van der Waals surface area contributed by atoms with Crippen LogP contribution in [-0.2, 0) is 6.18 Å². The number of nitrogens with zero attached hydrogens (tertiary/aromatic N) is 5. The van der Waals surface area contributed by atoms with Gasteiger partial charge in [0.1, 0.15) is 0 Å². The fraction of sp³-hybridized carbons (Fsp3) is 0.478. The van der Waals surface area contributed by atoms with E-state index in [1.54, 1.807) is 0 Å². The van der Waals surface area contributed by atoms with Crippen molar-refractivity contribution in [2.24, 2.45) is 0 Å². The molecule has 0 unspecified atom stereocenters. The second-order valence-corrected chi connectivity index (χ2v) is 9.87. The molecule has 0 saturated carbocycles. The Hall–Kier alpha value is -2.23. The molecule has 170 valence electrons. The summed E-state index contributed by atoms with van der Waals surface area (Å²) in [7, 11) is 4.15. The van der Waals surface area contributed by atoms with Crippen molar-refractivity contribution in [3.8, 4) is 10.6 Å². The van der Waals surface area contributed by atoms with Crippen LogP contribution in [0.2, 0.25) is 0 Å². The molecule has 1 aromatic rings. The standard InChI is InChI=1S/C23H27F3N5S/c1-28-5-9-30(10-6-28)16-3-4-19-20(14-16)32-21-15-17(31-11-7-29(2)8-12-31)13-18(22(21)27-19)23(24,25)26/h3-4,13-15H,5-12H2,1-2H3/q+1. The molecule has 32 heavy (non-hydrogen) atoms. The second kappa shape index (κ2) is 8.28. The Bertz CT molecular complexity index is 1170. The Labute approximate surface area is 189 Å². The van der Waals surface area contributed by atoms with E-state index in [4.69, 9.17) is 0 Å².